The molecule has 4 heteroatoms. The summed E-state index contributed by atoms with van der Waals surface area (Å²) in [6.45, 7) is 7.04. The molecule has 1 amide bonds. The summed E-state index contributed by atoms with van der Waals surface area (Å²) in [5.74, 6) is 0.876. The molecule has 0 aliphatic heterocycles. The summed E-state index contributed by atoms with van der Waals surface area (Å²) in [5.41, 5.74) is 2.26. The van der Waals surface area contributed by atoms with Crippen LogP contribution in [-0.4, -0.2) is 18.6 Å². The molecule has 1 atom stereocenters. The van der Waals surface area contributed by atoms with Gasteiger partial charge in [0.2, 0.25) is 5.91 Å². The van der Waals surface area contributed by atoms with E-state index in [0.717, 1.165) is 23.3 Å². The molecule has 0 heterocycles. The first-order valence-electron chi connectivity index (χ1n) is 8.89. The number of hydrogen-bond donors (Lipinski definition) is 2. The van der Waals surface area contributed by atoms with E-state index in [1.807, 2.05) is 68.4 Å². The van der Waals surface area contributed by atoms with E-state index in [2.05, 4.69) is 17.6 Å². The minimum atomic E-state index is 0.00969. The molecule has 0 saturated heterocycles. The summed E-state index contributed by atoms with van der Waals surface area (Å²) in [5, 5.41) is 6.27. The lowest BCUT2D eigenvalue weighted by Gasteiger charge is -2.17. The lowest BCUT2D eigenvalue weighted by Crippen LogP contribution is -2.35. The van der Waals surface area contributed by atoms with Crippen molar-refractivity contribution in [3.8, 4) is 5.75 Å². The molecule has 0 saturated carbocycles. The van der Waals surface area contributed by atoms with Crippen LogP contribution in [0.25, 0.3) is 0 Å². The van der Waals surface area contributed by atoms with E-state index < -0.39 is 0 Å². The molecule has 0 fully saturated rings. The third-order valence-electron chi connectivity index (χ3n) is 3.86. The van der Waals surface area contributed by atoms with Gasteiger partial charge in [-0.2, -0.15) is 0 Å². The van der Waals surface area contributed by atoms with Gasteiger partial charge in [0.25, 0.3) is 0 Å². The van der Waals surface area contributed by atoms with Gasteiger partial charge < -0.3 is 15.4 Å². The zero-order valence-electron chi connectivity index (χ0n) is 15.3. The van der Waals surface area contributed by atoms with E-state index >= 15 is 0 Å². The lowest BCUT2D eigenvalue weighted by atomic mass is 10.0. The smallest absolute Gasteiger partial charge is 0.234 e. The maximum absolute atomic E-state index is 12.2. The first-order valence-corrected chi connectivity index (χ1v) is 8.89. The molecule has 2 rings (SSSR count). The second-order valence-corrected chi connectivity index (χ2v) is 6.35. The van der Waals surface area contributed by atoms with Crippen LogP contribution in [0.3, 0.4) is 0 Å². The first kappa shape index (κ1) is 19.0. The van der Waals surface area contributed by atoms with Crippen molar-refractivity contribution in [3.63, 3.8) is 0 Å². The van der Waals surface area contributed by atoms with Crippen molar-refractivity contribution in [1.82, 2.24) is 10.6 Å². The Hall–Kier alpha value is -2.33. The summed E-state index contributed by atoms with van der Waals surface area (Å²) in [6.07, 6.45) is 1.04. The van der Waals surface area contributed by atoms with Crippen LogP contribution in [0, 0.1) is 0 Å². The average Bonchev–Trinajstić information content (AvgIpc) is 2.61. The topological polar surface area (TPSA) is 50.4 Å². The third-order valence-corrected chi connectivity index (χ3v) is 3.86. The van der Waals surface area contributed by atoms with Crippen LogP contribution in [0.15, 0.2) is 54.6 Å². The highest BCUT2D eigenvalue weighted by Gasteiger charge is 2.11. The molecule has 2 N–H and O–H groups in total. The minimum absolute atomic E-state index is 0.00969. The fraction of sp³-hybridized carbons (Fsp3) is 0.381. The van der Waals surface area contributed by atoms with Gasteiger partial charge in [-0.25, -0.2) is 0 Å². The monoisotopic (exact) mass is 340 g/mol. The van der Waals surface area contributed by atoms with Crippen LogP contribution in [-0.2, 0) is 11.3 Å². The predicted octanol–water partition coefficient (Wildman–Crippen LogP) is 3.83. The molecular weight excluding hydrogens is 312 g/mol. The van der Waals surface area contributed by atoms with Crippen molar-refractivity contribution in [2.45, 2.75) is 45.9 Å². The van der Waals surface area contributed by atoms with Gasteiger partial charge in [-0.3, -0.25) is 4.79 Å². The molecule has 4 nitrogen and oxygen atoms in total. The Labute approximate surface area is 150 Å². The summed E-state index contributed by atoms with van der Waals surface area (Å²) in [4.78, 5) is 12.2. The van der Waals surface area contributed by atoms with Crippen molar-refractivity contribution < 1.29 is 9.53 Å². The largest absolute Gasteiger partial charge is 0.491 e. The van der Waals surface area contributed by atoms with Crippen molar-refractivity contribution in [2.24, 2.45) is 0 Å². The fourth-order valence-electron chi connectivity index (χ4n) is 2.63. The number of amides is 1. The van der Waals surface area contributed by atoms with Gasteiger partial charge in [0.1, 0.15) is 5.75 Å². The molecule has 0 aliphatic rings. The molecule has 0 spiro atoms. The highest BCUT2D eigenvalue weighted by atomic mass is 16.5. The molecule has 0 radical (unpaired) electrons. The van der Waals surface area contributed by atoms with Gasteiger partial charge in [-0.1, -0.05) is 49.4 Å². The lowest BCUT2D eigenvalue weighted by molar-refractivity contribution is -0.121. The molecule has 1 unspecified atom stereocenters. The molecular formula is C21H28N2O2. The molecule has 0 aromatic heterocycles. The van der Waals surface area contributed by atoms with Crippen LogP contribution < -0.4 is 15.4 Å². The summed E-state index contributed by atoms with van der Waals surface area (Å²) < 4.78 is 5.63. The van der Waals surface area contributed by atoms with Gasteiger partial charge >= 0.3 is 0 Å². The van der Waals surface area contributed by atoms with Crippen molar-refractivity contribution in [1.29, 1.82) is 0 Å². The Kier molecular flexibility index (Phi) is 7.48. The van der Waals surface area contributed by atoms with Crippen LogP contribution in [0.1, 0.15) is 44.4 Å². The quantitative estimate of drug-likeness (QED) is 0.729. The Balaban J connectivity index is 1.76. The van der Waals surface area contributed by atoms with Gasteiger partial charge in [0.15, 0.2) is 0 Å². The number of rotatable bonds is 9. The number of carbonyl (C=O) groups is 1. The van der Waals surface area contributed by atoms with Crippen molar-refractivity contribution in [3.05, 3.63) is 65.7 Å². The van der Waals surface area contributed by atoms with Crippen LogP contribution in [0.4, 0.5) is 0 Å². The number of hydrogen-bond acceptors (Lipinski definition) is 3. The van der Waals surface area contributed by atoms with Crippen molar-refractivity contribution >= 4 is 5.91 Å². The van der Waals surface area contributed by atoms with E-state index in [1.54, 1.807) is 0 Å². The predicted molar refractivity (Wildman–Crippen MR) is 102 cm³/mol. The molecule has 0 aliphatic carbocycles. The first-order chi connectivity index (χ1) is 12.1. The van der Waals surface area contributed by atoms with Crippen LogP contribution in [0.5, 0.6) is 5.75 Å². The zero-order valence-corrected chi connectivity index (χ0v) is 15.3. The van der Waals surface area contributed by atoms with Crippen molar-refractivity contribution in [2.75, 3.05) is 6.54 Å². The average molecular weight is 340 g/mol. The molecule has 25 heavy (non-hydrogen) atoms. The standard InChI is InChI=1S/C21H28N2O2/c1-4-20(18-8-6-5-7-9-18)23-21(24)15-22-14-17-10-12-19(13-11-17)25-16(2)3/h5-13,16,20,22H,4,14-15H2,1-3H3,(H,23,24). The highest BCUT2D eigenvalue weighted by Crippen LogP contribution is 2.16. The maximum atomic E-state index is 12.2. The van der Waals surface area contributed by atoms with E-state index in [4.69, 9.17) is 4.74 Å². The molecule has 0 bridgehead atoms. The number of ether oxygens (including phenoxy) is 1. The second-order valence-electron chi connectivity index (χ2n) is 6.35. The van der Waals surface area contributed by atoms with Crippen LogP contribution in [0.2, 0.25) is 0 Å². The molecule has 2 aromatic rings. The Morgan fingerprint density at radius 2 is 1.72 bits per heavy atom. The minimum Gasteiger partial charge on any atom is -0.491 e. The zero-order chi connectivity index (χ0) is 18.1. The maximum Gasteiger partial charge on any atom is 0.234 e. The Morgan fingerprint density at radius 1 is 1.04 bits per heavy atom. The van der Waals surface area contributed by atoms with E-state index in [0.29, 0.717) is 13.1 Å². The highest BCUT2D eigenvalue weighted by molar-refractivity contribution is 5.78. The molecule has 134 valence electrons. The summed E-state index contributed by atoms with van der Waals surface area (Å²) in [7, 11) is 0. The van der Waals surface area contributed by atoms with E-state index in [9.17, 15) is 4.79 Å². The van der Waals surface area contributed by atoms with Crippen LogP contribution >= 0.6 is 0 Å². The normalized spacial score (nSPS) is 12.0. The van der Waals surface area contributed by atoms with E-state index in [-0.39, 0.29) is 18.1 Å². The Bertz CT molecular complexity index is 639. The molecule has 2 aromatic carbocycles. The summed E-state index contributed by atoms with van der Waals surface area (Å²) >= 11 is 0. The van der Waals surface area contributed by atoms with Gasteiger partial charge in [-0.05, 0) is 43.5 Å². The fourth-order valence-corrected chi connectivity index (χ4v) is 2.63. The van der Waals surface area contributed by atoms with Gasteiger partial charge in [0.05, 0.1) is 18.7 Å². The van der Waals surface area contributed by atoms with Gasteiger partial charge in [0, 0.05) is 6.54 Å². The number of benzene rings is 2. The Morgan fingerprint density at radius 3 is 2.32 bits per heavy atom. The van der Waals surface area contributed by atoms with E-state index in [1.165, 1.54) is 0 Å². The SMILES string of the molecule is CCC(NC(=O)CNCc1ccc(OC(C)C)cc1)c1ccccc1. The third kappa shape index (κ3) is 6.59. The second kappa shape index (κ2) is 9.84. The number of carbonyl (C=O) groups excluding carboxylic acids is 1. The van der Waals surface area contributed by atoms with Gasteiger partial charge in [-0.15, -0.1) is 0 Å². The number of nitrogens with one attached hydrogen (secondary N) is 2. The summed E-state index contributed by atoms with van der Waals surface area (Å²) in [6, 6.07) is 18.1.